The first-order valence-corrected chi connectivity index (χ1v) is 19.3. The van der Waals surface area contributed by atoms with Gasteiger partial charge in [-0.3, -0.25) is 18.9 Å². The van der Waals surface area contributed by atoms with E-state index in [0.717, 1.165) is 18.4 Å². The minimum atomic E-state index is -3.67. The molecule has 0 aliphatic heterocycles. The Morgan fingerprint density at radius 1 is 0.889 bits per heavy atom. The molecule has 3 amide bonds. The average molecular weight is 770 g/mol. The Morgan fingerprint density at radius 3 is 2.11 bits per heavy atom. The molecule has 0 bridgehead atoms. The summed E-state index contributed by atoms with van der Waals surface area (Å²) in [6.45, 7) is 10.4. The highest BCUT2D eigenvalue weighted by Gasteiger charge is 2.25. The Labute approximate surface area is 316 Å². The second-order valence-corrected chi connectivity index (χ2v) is 14.6. The molecule has 1 aromatic heterocycles. The number of nitrogens with zero attached hydrogens (tertiary/aromatic N) is 2. The van der Waals surface area contributed by atoms with Crippen LogP contribution in [0.4, 0.5) is 5.82 Å². The molecule has 5 N–H and O–H groups in total. The van der Waals surface area contributed by atoms with Crippen LogP contribution in [0.5, 0.6) is 17.2 Å². The molecule has 4 rings (SSSR count). The molecule has 0 saturated carbocycles. The molecule has 0 spiro atoms. The smallest absolute Gasteiger partial charge is 0.261 e. The van der Waals surface area contributed by atoms with Crippen molar-refractivity contribution in [3.05, 3.63) is 77.9 Å². The molecule has 0 fully saturated rings. The molecule has 0 unspecified atom stereocenters. The third kappa shape index (κ3) is 13.7. The number of hydrogen-bond acceptors (Lipinski definition) is 11. The molecule has 4 aromatic rings. The van der Waals surface area contributed by atoms with Gasteiger partial charge in [-0.25, -0.2) is 0 Å². The SMILES string of the molecule is COc1cc(C(=O)N(C(C)C)C(C)C)ccc1OCCCCOc1ccc2c(NC(=O)[C@H](Cc3ccccc3)NC(=O)[C@H](C)N)noc2c1.CS(=O)(=O)O. The van der Waals surface area contributed by atoms with Crippen molar-refractivity contribution in [2.45, 2.75) is 78.0 Å². The standard InChI is InChI=1S/C37H47N5O7.CH4O3S/c1-23(2)42(24(3)4)37(45)27-14-17-31(33(21-27)46-6)48-19-11-10-18-47-28-15-16-29-32(22-28)49-41-34(29)40-36(44)30(39-35(43)25(5)38)20-26-12-8-7-9-13-26;1-5(2,3)4/h7-9,12-17,21-25,30H,10-11,18-20,38H2,1-6H3,(H,39,43)(H,40,41,44);1H3,(H,2,3,4)/t25-,30-;/m0./s1. The number of ether oxygens (including phenoxy) is 3. The number of carbonyl (C=O) groups is 3. The predicted molar refractivity (Wildman–Crippen MR) is 205 cm³/mol. The second kappa shape index (κ2) is 20.3. The van der Waals surface area contributed by atoms with Crippen molar-refractivity contribution in [3.63, 3.8) is 0 Å². The Balaban J connectivity index is 0.00000147. The summed E-state index contributed by atoms with van der Waals surface area (Å²) in [5, 5.41) is 10.1. The lowest BCUT2D eigenvalue weighted by atomic mass is 10.0. The molecule has 294 valence electrons. The van der Waals surface area contributed by atoms with Crippen molar-refractivity contribution >= 4 is 44.6 Å². The van der Waals surface area contributed by atoms with E-state index in [1.807, 2.05) is 62.9 Å². The number of carbonyl (C=O) groups excluding carboxylic acids is 3. The van der Waals surface area contributed by atoms with Gasteiger partial charge >= 0.3 is 0 Å². The lowest BCUT2D eigenvalue weighted by Gasteiger charge is -2.31. The monoisotopic (exact) mass is 769 g/mol. The first-order valence-electron chi connectivity index (χ1n) is 17.5. The summed E-state index contributed by atoms with van der Waals surface area (Å²) in [5.41, 5.74) is 7.60. The van der Waals surface area contributed by atoms with Crippen LogP contribution in [-0.2, 0) is 26.1 Å². The van der Waals surface area contributed by atoms with Gasteiger partial charge < -0.3 is 40.0 Å². The highest BCUT2D eigenvalue weighted by Crippen LogP contribution is 2.30. The number of unbranched alkanes of at least 4 members (excludes halogenated alkanes) is 1. The van der Waals surface area contributed by atoms with Gasteiger partial charge in [0.25, 0.3) is 16.0 Å². The fourth-order valence-corrected chi connectivity index (χ4v) is 5.37. The largest absolute Gasteiger partial charge is 0.493 e. The van der Waals surface area contributed by atoms with Crippen LogP contribution in [0.15, 0.2) is 71.3 Å². The zero-order valence-corrected chi connectivity index (χ0v) is 32.5. The zero-order chi connectivity index (χ0) is 40.0. The highest BCUT2D eigenvalue weighted by atomic mass is 32.2. The van der Waals surface area contributed by atoms with Crippen molar-refractivity contribution in [2.24, 2.45) is 5.73 Å². The molecule has 0 aliphatic carbocycles. The number of fused-ring (bicyclic) bond motifs is 1. The van der Waals surface area contributed by atoms with Crippen molar-refractivity contribution < 1.29 is 46.1 Å². The van der Waals surface area contributed by atoms with Gasteiger partial charge in [-0.15, -0.1) is 0 Å². The van der Waals surface area contributed by atoms with E-state index in [0.29, 0.717) is 53.3 Å². The van der Waals surface area contributed by atoms with E-state index < -0.39 is 34.0 Å². The zero-order valence-electron chi connectivity index (χ0n) is 31.7. The summed E-state index contributed by atoms with van der Waals surface area (Å²) >= 11 is 0. The van der Waals surface area contributed by atoms with E-state index in [1.165, 1.54) is 0 Å². The summed E-state index contributed by atoms with van der Waals surface area (Å²) in [7, 11) is -2.11. The molecular formula is C38H51N5O10S. The van der Waals surface area contributed by atoms with Crippen molar-refractivity contribution in [3.8, 4) is 17.2 Å². The van der Waals surface area contributed by atoms with E-state index in [2.05, 4.69) is 15.8 Å². The van der Waals surface area contributed by atoms with Gasteiger partial charge in [-0.2, -0.15) is 8.42 Å². The van der Waals surface area contributed by atoms with Crippen LogP contribution in [0.25, 0.3) is 11.0 Å². The molecule has 0 saturated heterocycles. The first kappa shape index (κ1) is 43.2. The molecular weight excluding hydrogens is 719 g/mol. The van der Waals surface area contributed by atoms with Gasteiger partial charge in [0, 0.05) is 30.1 Å². The number of nitrogens with two attached hydrogens (primary N) is 1. The Morgan fingerprint density at radius 2 is 1.52 bits per heavy atom. The maximum Gasteiger partial charge on any atom is 0.261 e. The van der Waals surface area contributed by atoms with Crippen LogP contribution in [0.2, 0.25) is 0 Å². The topological polar surface area (TPSA) is 213 Å². The number of amides is 3. The molecule has 0 aliphatic rings. The van der Waals surface area contributed by atoms with E-state index >= 15 is 0 Å². The number of methoxy groups -OCH3 is 1. The van der Waals surface area contributed by atoms with Crippen LogP contribution in [0, 0.1) is 0 Å². The maximum atomic E-state index is 13.2. The second-order valence-electron chi connectivity index (χ2n) is 13.1. The predicted octanol–water partition coefficient (Wildman–Crippen LogP) is 4.85. The Bertz CT molecular complexity index is 1930. The quantitative estimate of drug-likeness (QED) is 0.0839. The van der Waals surface area contributed by atoms with E-state index in [9.17, 15) is 22.8 Å². The van der Waals surface area contributed by atoms with Gasteiger partial charge in [0.1, 0.15) is 11.8 Å². The Kier molecular flexibility index (Phi) is 16.3. The summed E-state index contributed by atoms with van der Waals surface area (Å²) in [4.78, 5) is 40.5. The van der Waals surface area contributed by atoms with Crippen molar-refractivity contribution in [2.75, 3.05) is 31.9 Å². The fourth-order valence-electron chi connectivity index (χ4n) is 5.37. The minimum absolute atomic E-state index is 0.0491. The van der Waals surface area contributed by atoms with Crippen LogP contribution >= 0.6 is 0 Å². The number of aromatic nitrogens is 1. The molecule has 15 nitrogen and oxygen atoms in total. The third-order valence-corrected chi connectivity index (χ3v) is 7.84. The van der Waals surface area contributed by atoms with E-state index in [-0.39, 0.29) is 30.2 Å². The summed E-state index contributed by atoms with van der Waals surface area (Å²) < 4.78 is 48.7. The lowest BCUT2D eigenvalue weighted by molar-refractivity contribution is -0.127. The normalized spacial score (nSPS) is 12.4. The number of benzene rings is 3. The number of nitrogens with one attached hydrogen (secondary N) is 2. The van der Waals surface area contributed by atoms with Crippen LogP contribution < -0.4 is 30.6 Å². The highest BCUT2D eigenvalue weighted by molar-refractivity contribution is 7.85. The minimum Gasteiger partial charge on any atom is -0.493 e. The summed E-state index contributed by atoms with van der Waals surface area (Å²) in [6.07, 6.45) is 2.44. The van der Waals surface area contributed by atoms with Gasteiger partial charge in [0.05, 0.1) is 38.0 Å². The Hall–Kier alpha value is -5.19. The van der Waals surface area contributed by atoms with Crippen molar-refractivity contribution in [1.29, 1.82) is 0 Å². The lowest BCUT2D eigenvalue weighted by Crippen LogP contribution is -2.50. The third-order valence-electron chi connectivity index (χ3n) is 7.84. The molecule has 16 heteroatoms. The van der Waals surface area contributed by atoms with E-state index in [4.69, 9.17) is 29.0 Å². The molecule has 1 heterocycles. The summed E-state index contributed by atoms with van der Waals surface area (Å²) in [6, 6.07) is 18.4. The number of anilines is 1. The van der Waals surface area contributed by atoms with Crippen LogP contribution in [-0.4, -0.2) is 91.5 Å². The van der Waals surface area contributed by atoms with E-state index in [1.54, 1.807) is 50.4 Å². The summed E-state index contributed by atoms with van der Waals surface area (Å²) in [5.74, 6) is 0.980. The van der Waals surface area contributed by atoms with Gasteiger partial charge in [-0.05, 0) is 83.4 Å². The first-order chi connectivity index (χ1) is 25.5. The number of rotatable bonds is 17. The fraction of sp³-hybridized carbons (Fsp3) is 0.421. The molecule has 3 aromatic carbocycles. The van der Waals surface area contributed by atoms with Gasteiger partial charge in [0.15, 0.2) is 22.9 Å². The van der Waals surface area contributed by atoms with Crippen LogP contribution in [0.3, 0.4) is 0 Å². The number of hydrogen-bond donors (Lipinski definition) is 4. The molecule has 0 radical (unpaired) electrons. The molecule has 2 atom stereocenters. The molecule has 54 heavy (non-hydrogen) atoms. The van der Waals surface area contributed by atoms with Gasteiger partial charge in [0.2, 0.25) is 11.8 Å². The average Bonchev–Trinajstić information content (AvgIpc) is 3.50. The maximum absolute atomic E-state index is 13.2. The van der Waals surface area contributed by atoms with Crippen LogP contribution in [0.1, 0.15) is 63.4 Å². The van der Waals surface area contributed by atoms with Crippen molar-refractivity contribution in [1.82, 2.24) is 15.4 Å². The van der Waals surface area contributed by atoms with Gasteiger partial charge in [-0.1, -0.05) is 35.5 Å².